The largest absolute Gasteiger partial charge is 0.469 e. The van der Waals surface area contributed by atoms with Gasteiger partial charge in [-0.25, -0.2) is 4.98 Å². The molecule has 0 saturated heterocycles. The summed E-state index contributed by atoms with van der Waals surface area (Å²) in [6.07, 6.45) is 1.26. The molecule has 1 heterocycles. The molecule has 1 aromatic carbocycles. The van der Waals surface area contributed by atoms with Gasteiger partial charge >= 0.3 is 5.97 Å². The highest BCUT2D eigenvalue weighted by molar-refractivity contribution is 5.80. The average molecular weight is 331 g/mol. The van der Waals surface area contributed by atoms with Gasteiger partial charge in [0.15, 0.2) is 5.96 Å². The monoisotopic (exact) mass is 331 g/mol. The Bertz CT molecular complexity index is 708. The number of hydrogen-bond donors (Lipinski definition) is 2. The molecule has 0 aliphatic carbocycles. The lowest BCUT2D eigenvalue weighted by atomic mass is 10.3. The summed E-state index contributed by atoms with van der Waals surface area (Å²) in [6, 6.07) is 8.16. The number of nitrogens with zero attached hydrogens (tertiary/aromatic N) is 3. The zero-order chi connectivity index (χ0) is 17.4. The van der Waals surface area contributed by atoms with Crippen LogP contribution in [0.25, 0.3) is 11.0 Å². The molecule has 24 heavy (non-hydrogen) atoms. The molecule has 0 atom stereocenters. The molecule has 0 fully saturated rings. The van der Waals surface area contributed by atoms with Crippen LogP contribution in [0, 0.1) is 6.92 Å². The highest BCUT2D eigenvalue weighted by Gasteiger charge is 2.06. The summed E-state index contributed by atoms with van der Waals surface area (Å²) in [5.74, 6) is 1.48. The van der Waals surface area contributed by atoms with Gasteiger partial charge in [0, 0.05) is 26.7 Å². The zero-order valence-corrected chi connectivity index (χ0v) is 14.5. The molecule has 0 aliphatic heterocycles. The van der Waals surface area contributed by atoms with Gasteiger partial charge in [-0.3, -0.25) is 9.79 Å². The predicted molar refractivity (Wildman–Crippen MR) is 95.1 cm³/mol. The van der Waals surface area contributed by atoms with E-state index in [4.69, 9.17) is 0 Å². The quantitative estimate of drug-likeness (QED) is 0.347. The van der Waals surface area contributed by atoms with E-state index < -0.39 is 0 Å². The fourth-order valence-electron chi connectivity index (χ4n) is 2.53. The molecule has 0 unspecified atom stereocenters. The van der Waals surface area contributed by atoms with Gasteiger partial charge in [-0.05, 0) is 25.5 Å². The van der Waals surface area contributed by atoms with E-state index in [1.165, 1.54) is 7.11 Å². The lowest BCUT2D eigenvalue weighted by Crippen LogP contribution is -2.39. The number of fused-ring (bicyclic) bond motifs is 1. The topological polar surface area (TPSA) is 80.5 Å². The molecule has 0 radical (unpaired) electrons. The Kier molecular flexibility index (Phi) is 6.60. The van der Waals surface area contributed by atoms with Crippen molar-refractivity contribution < 1.29 is 9.53 Å². The lowest BCUT2D eigenvalue weighted by molar-refractivity contribution is -0.140. The minimum atomic E-state index is -0.236. The van der Waals surface area contributed by atoms with Crippen LogP contribution >= 0.6 is 0 Å². The zero-order valence-electron chi connectivity index (χ0n) is 14.5. The molecule has 7 heteroatoms. The van der Waals surface area contributed by atoms with Gasteiger partial charge in [0.05, 0.1) is 24.6 Å². The third kappa shape index (κ3) is 4.71. The Balaban J connectivity index is 1.77. The number of aromatic nitrogens is 2. The van der Waals surface area contributed by atoms with Crippen LogP contribution in [-0.4, -0.2) is 48.7 Å². The number of carbonyl (C=O) groups is 1. The summed E-state index contributed by atoms with van der Waals surface area (Å²) in [5.41, 5.74) is 2.19. The summed E-state index contributed by atoms with van der Waals surface area (Å²) >= 11 is 0. The predicted octanol–water partition coefficient (Wildman–Crippen LogP) is 1.46. The number of benzene rings is 1. The number of imidazole rings is 1. The first-order valence-corrected chi connectivity index (χ1v) is 8.09. The van der Waals surface area contributed by atoms with Crippen LogP contribution < -0.4 is 10.6 Å². The van der Waals surface area contributed by atoms with Gasteiger partial charge in [-0.1, -0.05) is 12.1 Å². The van der Waals surface area contributed by atoms with Crippen molar-refractivity contribution in [1.29, 1.82) is 0 Å². The molecular weight excluding hydrogens is 306 g/mol. The van der Waals surface area contributed by atoms with Crippen molar-refractivity contribution in [1.82, 2.24) is 20.2 Å². The maximum absolute atomic E-state index is 11.1. The van der Waals surface area contributed by atoms with E-state index in [9.17, 15) is 4.79 Å². The summed E-state index contributed by atoms with van der Waals surface area (Å²) < 4.78 is 6.83. The Morgan fingerprint density at radius 2 is 2.04 bits per heavy atom. The van der Waals surface area contributed by atoms with Crippen LogP contribution in [-0.2, 0) is 16.1 Å². The standard InChI is InChI=1S/C17H25N5O2/c1-13-21-14-7-4-5-8-15(14)22(13)12-6-10-19-17(18-2)20-11-9-16(23)24-3/h4-5,7-8H,6,9-12H2,1-3H3,(H2,18,19,20). The molecular formula is C17H25N5O2. The van der Waals surface area contributed by atoms with Crippen LogP contribution in [0.5, 0.6) is 0 Å². The Labute approximate surface area is 142 Å². The van der Waals surface area contributed by atoms with E-state index in [0.29, 0.717) is 18.9 Å². The van der Waals surface area contributed by atoms with Gasteiger partial charge in [0.2, 0.25) is 0 Å². The van der Waals surface area contributed by atoms with Gasteiger partial charge in [-0.2, -0.15) is 0 Å². The molecule has 130 valence electrons. The third-order valence-corrected chi connectivity index (χ3v) is 3.77. The number of ether oxygens (including phenoxy) is 1. The number of methoxy groups -OCH3 is 1. The second-order valence-corrected chi connectivity index (χ2v) is 5.40. The van der Waals surface area contributed by atoms with Crippen LogP contribution in [0.3, 0.4) is 0 Å². The Morgan fingerprint density at radius 1 is 1.29 bits per heavy atom. The van der Waals surface area contributed by atoms with Crippen molar-refractivity contribution >= 4 is 23.0 Å². The molecule has 0 aliphatic rings. The first kappa shape index (κ1) is 17.8. The highest BCUT2D eigenvalue weighted by Crippen LogP contribution is 2.15. The van der Waals surface area contributed by atoms with E-state index in [-0.39, 0.29) is 5.97 Å². The van der Waals surface area contributed by atoms with Crippen LogP contribution in [0.4, 0.5) is 0 Å². The molecule has 2 N–H and O–H groups in total. The molecule has 7 nitrogen and oxygen atoms in total. The van der Waals surface area contributed by atoms with Crippen molar-refractivity contribution in [2.75, 3.05) is 27.2 Å². The lowest BCUT2D eigenvalue weighted by Gasteiger charge is -2.12. The van der Waals surface area contributed by atoms with E-state index in [1.54, 1.807) is 7.05 Å². The second-order valence-electron chi connectivity index (χ2n) is 5.40. The summed E-state index contributed by atoms with van der Waals surface area (Å²) in [4.78, 5) is 19.8. The number of aliphatic imine (C=N–C) groups is 1. The first-order chi connectivity index (χ1) is 11.7. The maximum atomic E-state index is 11.1. The number of hydrogen-bond acceptors (Lipinski definition) is 4. The first-order valence-electron chi connectivity index (χ1n) is 8.09. The van der Waals surface area contributed by atoms with Crippen molar-refractivity contribution in [3.05, 3.63) is 30.1 Å². The molecule has 0 amide bonds. The fraction of sp³-hybridized carbons (Fsp3) is 0.471. The number of aryl methyl sites for hydroxylation is 2. The number of para-hydroxylation sites is 2. The van der Waals surface area contributed by atoms with Crippen molar-refractivity contribution in [2.24, 2.45) is 4.99 Å². The maximum Gasteiger partial charge on any atom is 0.307 e. The fourth-order valence-corrected chi connectivity index (χ4v) is 2.53. The molecule has 0 bridgehead atoms. The minimum Gasteiger partial charge on any atom is -0.469 e. The van der Waals surface area contributed by atoms with Crippen LogP contribution in [0.2, 0.25) is 0 Å². The Morgan fingerprint density at radius 3 is 2.79 bits per heavy atom. The van der Waals surface area contributed by atoms with E-state index >= 15 is 0 Å². The molecule has 1 aromatic heterocycles. The van der Waals surface area contributed by atoms with E-state index in [2.05, 4.69) is 36.0 Å². The summed E-state index contributed by atoms with van der Waals surface area (Å²) in [6.45, 7) is 4.20. The van der Waals surface area contributed by atoms with Crippen LogP contribution in [0.15, 0.2) is 29.3 Å². The number of esters is 1. The van der Waals surface area contributed by atoms with Crippen molar-refractivity contribution in [3.8, 4) is 0 Å². The number of nitrogens with one attached hydrogen (secondary N) is 2. The van der Waals surface area contributed by atoms with Crippen molar-refractivity contribution in [3.63, 3.8) is 0 Å². The van der Waals surface area contributed by atoms with E-state index in [1.807, 2.05) is 25.1 Å². The van der Waals surface area contributed by atoms with E-state index in [0.717, 1.165) is 36.4 Å². The number of rotatable bonds is 7. The molecule has 0 saturated carbocycles. The summed E-state index contributed by atoms with van der Waals surface area (Å²) in [7, 11) is 3.10. The third-order valence-electron chi connectivity index (χ3n) is 3.77. The van der Waals surface area contributed by atoms with Crippen molar-refractivity contribution in [2.45, 2.75) is 26.3 Å². The molecule has 0 spiro atoms. The van der Waals surface area contributed by atoms with Gasteiger partial charge in [0.25, 0.3) is 0 Å². The minimum absolute atomic E-state index is 0.236. The normalized spacial score (nSPS) is 11.5. The highest BCUT2D eigenvalue weighted by atomic mass is 16.5. The molecule has 2 aromatic rings. The summed E-state index contributed by atoms with van der Waals surface area (Å²) in [5, 5.41) is 6.33. The Hall–Kier alpha value is -2.57. The smallest absolute Gasteiger partial charge is 0.307 e. The average Bonchev–Trinajstić information content (AvgIpc) is 2.92. The van der Waals surface area contributed by atoms with Crippen LogP contribution in [0.1, 0.15) is 18.7 Å². The number of carbonyl (C=O) groups excluding carboxylic acids is 1. The SMILES string of the molecule is CN=C(NCCCn1c(C)nc2ccccc21)NCCC(=O)OC. The van der Waals surface area contributed by atoms with Gasteiger partial charge < -0.3 is 19.9 Å². The van der Waals surface area contributed by atoms with Gasteiger partial charge in [-0.15, -0.1) is 0 Å². The van der Waals surface area contributed by atoms with Gasteiger partial charge in [0.1, 0.15) is 5.82 Å². The second kappa shape index (κ2) is 8.90. The molecule has 2 rings (SSSR count). The number of guanidine groups is 1.